The van der Waals surface area contributed by atoms with E-state index >= 15 is 0 Å². The molecule has 0 aromatic heterocycles. The van der Waals surface area contributed by atoms with Gasteiger partial charge in [-0.3, -0.25) is 10.1 Å². The van der Waals surface area contributed by atoms with Crippen LogP contribution in [0.4, 0.5) is 5.69 Å². The van der Waals surface area contributed by atoms with Gasteiger partial charge in [0.2, 0.25) is 0 Å². The van der Waals surface area contributed by atoms with E-state index in [0.29, 0.717) is 19.6 Å². The number of benzene rings is 1. The van der Waals surface area contributed by atoms with E-state index in [9.17, 15) is 10.1 Å². The third-order valence-corrected chi connectivity index (χ3v) is 3.03. The smallest absolute Gasteiger partial charge is 0.272 e. The Labute approximate surface area is 106 Å². The van der Waals surface area contributed by atoms with E-state index in [1.807, 2.05) is 6.07 Å². The zero-order valence-electron chi connectivity index (χ0n) is 10.7. The van der Waals surface area contributed by atoms with Gasteiger partial charge < -0.3 is 10.1 Å². The molecule has 0 spiro atoms. The summed E-state index contributed by atoms with van der Waals surface area (Å²) in [4.78, 5) is 10.6. The zero-order valence-corrected chi connectivity index (χ0v) is 10.7. The number of para-hydroxylation sites is 1. The van der Waals surface area contributed by atoms with Crippen molar-refractivity contribution in [2.45, 2.75) is 31.8 Å². The molecule has 1 heterocycles. The summed E-state index contributed by atoms with van der Waals surface area (Å²) >= 11 is 0. The van der Waals surface area contributed by atoms with Gasteiger partial charge in [-0.15, -0.1) is 0 Å². The molecule has 1 saturated heterocycles. The summed E-state index contributed by atoms with van der Waals surface area (Å²) in [5.74, 6) is 0. The van der Waals surface area contributed by atoms with Gasteiger partial charge in [-0.05, 0) is 20.3 Å². The van der Waals surface area contributed by atoms with Crippen LogP contribution < -0.4 is 5.32 Å². The number of nitrogens with one attached hydrogen (secondary N) is 1. The number of nitro groups is 1. The third kappa shape index (κ3) is 3.05. The van der Waals surface area contributed by atoms with Crippen molar-refractivity contribution in [2.24, 2.45) is 0 Å². The fourth-order valence-corrected chi connectivity index (χ4v) is 2.33. The number of nitrogens with zero attached hydrogens (tertiary/aromatic N) is 1. The molecule has 0 saturated carbocycles. The molecule has 1 unspecified atom stereocenters. The van der Waals surface area contributed by atoms with Crippen molar-refractivity contribution in [1.29, 1.82) is 0 Å². The molecule has 98 valence electrons. The van der Waals surface area contributed by atoms with Crippen molar-refractivity contribution >= 4 is 5.69 Å². The molecule has 1 aromatic rings. The van der Waals surface area contributed by atoms with Crippen molar-refractivity contribution in [3.8, 4) is 0 Å². The molecular weight excluding hydrogens is 232 g/mol. The van der Waals surface area contributed by atoms with Gasteiger partial charge in [0, 0.05) is 23.2 Å². The number of hydrogen-bond acceptors (Lipinski definition) is 4. The van der Waals surface area contributed by atoms with Crippen LogP contribution in [0.1, 0.15) is 19.4 Å². The predicted molar refractivity (Wildman–Crippen MR) is 68.6 cm³/mol. The molecule has 0 radical (unpaired) electrons. The first-order chi connectivity index (χ1) is 8.48. The minimum Gasteiger partial charge on any atom is -0.378 e. The van der Waals surface area contributed by atoms with Crippen molar-refractivity contribution in [3.63, 3.8) is 0 Å². The van der Waals surface area contributed by atoms with E-state index in [4.69, 9.17) is 4.74 Å². The van der Waals surface area contributed by atoms with Crippen LogP contribution in [0.15, 0.2) is 24.3 Å². The summed E-state index contributed by atoms with van der Waals surface area (Å²) in [5.41, 5.74) is 0.857. The van der Waals surface area contributed by atoms with Gasteiger partial charge in [0.05, 0.1) is 18.1 Å². The fourth-order valence-electron chi connectivity index (χ4n) is 2.33. The van der Waals surface area contributed by atoms with Crippen LogP contribution >= 0.6 is 0 Å². The van der Waals surface area contributed by atoms with Crippen LogP contribution in [0.25, 0.3) is 0 Å². The van der Waals surface area contributed by atoms with Gasteiger partial charge in [0.15, 0.2) is 0 Å². The summed E-state index contributed by atoms with van der Waals surface area (Å²) < 4.78 is 5.54. The normalized spacial score (nSPS) is 22.7. The summed E-state index contributed by atoms with van der Waals surface area (Å²) in [7, 11) is 0. The average molecular weight is 250 g/mol. The highest BCUT2D eigenvalue weighted by atomic mass is 16.6. The van der Waals surface area contributed by atoms with E-state index in [0.717, 1.165) is 5.56 Å². The fraction of sp³-hybridized carbons (Fsp3) is 0.538. The van der Waals surface area contributed by atoms with Crippen molar-refractivity contribution in [2.75, 3.05) is 13.2 Å². The first-order valence-electron chi connectivity index (χ1n) is 6.06. The molecule has 0 bridgehead atoms. The Bertz CT molecular complexity index is 446. The van der Waals surface area contributed by atoms with E-state index in [1.165, 1.54) is 0 Å². The second-order valence-electron chi connectivity index (χ2n) is 5.33. The maximum atomic E-state index is 10.9. The molecule has 2 rings (SSSR count). The van der Waals surface area contributed by atoms with Crippen LogP contribution in [0.5, 0.6) is 0 Å². The maximum absolute atomic E-state index is 10.9. The van der Waals surface area contributed by atoms with E-state index in [-0.39, 0.29) is 22.2 Å². The molecule has 1 aromatic carbocycles. The van der Waals surface area contributed by atoms with Crippen LogP contribution in [-0.2, 0) is 11.2 Å². The molecule has 1 aliphatic rings. The van der Waals surface area contributed by atoms with Gasteiger partial charge >= 0.3 is 0 Å². The van der Waals surface area contributed by atoms with Gasteiger partial charge in [0.25, 0.3) is 5.69 Å². The number of ether oxygens (including phenoxy) is 1. The lowest BCUT2D eigenvalue weighted by Gasteiger charge is -2.37. The Balaban J connectivity index is 2.12. The number of morpholine rings is 1. The van der Waals surface area contributed by atoms with Crippen molar-refractivity contribution in [3.05, 3.63) is 39.9 Å². The minimum atomic E-state index is -0.329. The standard InChI is InChI=1S/C13H18N2O3/c1-13(2)9-18-8-11(14-13)7-10-5-3-4-6-12(10)15(16)17/h3-6,11,14H,7-9H2,1-2H3. The monoisotopic (exact) mass is 250 g/mol. The highest BCUT2D eigenvalue weighted by molar-refractivity contribution is 5.40. The van der Waals surface area contributed by atoms with Gasteiger partial charge in [-0.25, -0.2) is 0 Å². The largest absolute Gasteiger partial charge is 0.378 e. The Morgan fingerprint density at radius 1 is 1.50 bits per heavy atom. The van der Waals surface area contributed by atoms with Crippen LogP contribution in [0.3, 0.4) is 0 Å². The highest BCUT2D eigenvalue weighted by Gasteiger charge is 2.29. The lowest BCUT2D eigenvalue weighted by molar-refractivity contribution is -0.385. The summed E-state index contributed by atoms with van der Waals surface area (Å²) in [6.07, 6.45) is 0.612. The number of nitro benzene ring substituents is 1. The molecule has 1 aliphatic heterocycles. The quantitative estimate of drug-likeness (QED) is 0.657. The SMILES string of the molecule is CC1(C)COCC(Cc2ccccc2[N+](=O)[O-])N1. The molecule has 1 atom stereocenters. The highest BCUT2D eigenvalue weighted by Crippen LogP contribution is 2.21. The van der Waals surface area contributed by atoms with E-state index in [2.05, 4.69) is 19.2 Å². The average Bonchev–Trinajstić information content (AvgIpc) is 2.28. The Hall–Kier alpha value is -1.46. The minimum absolute atomic E-state index is 0.0769. The second kappa shape index (κ2) is 5.04. The first-order valence-corrected chi connectivity index (χ1v) is 6.06. The van der Waals surface area contributed by atoms with Crippen LogP contribution in [0, 0.1) is 10.1 Å². The zero-order chi connectivity index (χ0) is 13.2. The molecule has 18 heavy (non-hydrogen) atoms. The number of rotatable bonds is 3. The molecule has 0 aliphatic carbocycles. The molecular formula is C13H18N2O3. The predicted octanol–water partition coefficient (Wildman–Crippen LogP) is 1.90. The van der Waals surface area contributed by atoms with Crippen molar-refractivity contribution in [1.82, 2.24) is 5.32 Å². The van der Waals surface area contributed by atoms with E-state index < -0.39 is 0 Å². The Morgan fingerprint density at radius 3 is 2.89 bits per heavy atom. The molecule has 0 amide bonds. The number of hydrogen-bond donors (Lipinski definition) is 1. The van der Waals surface area contributed by atoms with Gasteiger partial charge in [-0.1, -0.05) is 18.2 Å². The van der Waals surface area contributed by atoms with Crippen molar-refractivity contribution < 1.29 is 9.66 Å². The van der Waals surface area contributed by atoms with Gasteiger partial charge in [-0.2, -0.15) is 0 Å². The Morgan fingerprint density at radius 2 is 2.22 bits per heavy atom. The lowest BCUT2D eigenvalue weighted by atomic mass is 9.98. The second-order valence-corrected chi connectivity index (χ2v) is 5.33. The third-order valence-electron chi connectivity index (χ3n) is 3.03. The molecule has 1 N–H and O–H groups in total. The summed E-state index contributed by atoms with van der Waals surface area (Å²) in [6, 6.07) is 6.99. The van der Waals surface area contributed by atoms with Crippen LogP contribution in [-0.4, -0.2) is 29.7 Å². The summed E-state index contributed by atoms with van der Waals surface area (Å²) in [6.45, 7) is 5.40. The van der Waals surface area contributed by atoms with E-state index in [1.54, 1.807) is 18.2 Å². The Kier molecular flexibility index (Phi) is 3.63. The maximum Gasteiger partial charge on any atom is 0.272 e. The molecule has 5 nitrogen and oxygen atoms in total. The lowest BCUT2D eigenvalue weighted by Crippen LogP contribution is -2.56. The van der Waals surface area contributed by atoms with Crippen LogP contribution in [0.2, 0.25) is 0 Å². The molecule has 5 heteroatoms. The topological polar surface area (TPSA) is 64.4 Å². The van der Waals surface area contributed by atoms with Gasteiger partial charge in [0.1, 0.15) is 0 Å². The summed E-state index contributed by atoms with van der Waals surface area (Å²) in [5, 5.41) is 14.4. The molecule has 1 fully saturated rings. The first kappa shape index (κ1) is 13.0.